The van der Waals surface area contributed by atoms with Crippen molar-refractivity contribution in [3.8, 4) is 0 Å². The van der Waals surface area contributed by atoms with Crippen LogP contribution >= 0.6 is 0 Å². The summed E-state index contributed by atoms with van der Waals surface area (Å²) in [6.45, 7) is 0. The Morgan fingerprint density at radius 3 is 2.58 bits per heavy atom. The lowest BCUT2D eigenvalue weighted by Gasteiger charge is -2.34. The van der Waals surface area contributed by atoms with Crippen LogP contribution in [0.15, 0.2) is 42.5 Å². The van der Waals surface area contributed by atoms with E-state index < -0.39 is 0 Å². The molecule has 3 rings (SSSR count). The predicted molar refractivity (Wildman–Crippen MR) is 78.1 cm³/mol. The van der Waals surface area contributed by atoms with Crippen LogP contribution in [0.3, 0.4) is 0 Å². The molecule has 98 valence electrons. The van der Waals surface area contributed by atoms with Crippen LogP contribution in [0.4, 0.5) is 5.69 Å². The van der Waals surface area contributed by atoms with Crippen LogP contribution in [0.2, 0.25) is 0 Å². The Balaban J connectivity index is 1.93. The van der Waals surface area contributed by atoms with Gasteiger partial charge in [-0.2, -0.15) is 0 Å². The molecule has 2 aromatic carbocycles. The van der Waals surface area contributed by atoms with E-state index in [4.69, 9.17) is 5.73 Å². The number of amides is 1. The highest BCUT2D eigenvalue weighted by atomic mass is 16.2. The molecule has 1 amide bonds. The lowest BCUT2D eigenvalue weighted by atomic mass is 9.80. The van der Waals surface area contributed by atoms with Gasteiger partial charge in [-0.1, -0.05) is 36.4 Å². The highest BCUT2D eigenvalue weighted by molar-refractivity contribution is 6.04. The summed E-state index contributed by atoms with van der Waals surface area (Å²) in [5.74, 6) is 0.275. The van der Waals surface area contributed by atoms with Crippen LogP contribution in [-0.2, 0) is 4.79 Å². The first-order chi connectivity index (χ1) is 9.16. The predicted octanol–water partition coefficient (Wildman–Crippen LogP) is 2.54. The van der Waals surface area contributed by atoms with E-state index in [2.05, 4.69) is 18.2 Å². The molecule has 3 heteroatoms. The van der Waals surface area contributed by atoms with E-state index in [1.165, 1.54) is 0 Å². The summed E-state index contributed by atoms with van der Waals surface area (Å²) in [6.07, 6.45) is 1.63. The molecule has 3 nitrogen and oxygen atoms in total. The van der Waals surface area contributed by atoms with Gasteiger partial charge in [0.2, 0.25) is 5.91 Å². The number of carbonyl (C=O) groups is 1. The zero-order valence-corrected chi connectivity index (χ0v) is 11.0. The Labute approximate surface area is 113 Å². The summed E-state index contributed by atoms with van der Waals surface area (Å²) >= 11 is 0. The average Bonchev–Trinajstić information content (AvgIpc) is 2.42. The van der Waals surface area contributed by atoms with Crippen LogP contribution in [0.25, 0.3) is 10.8 Å². The van der Waals surface area contributed by atoms with E-state index in [-0.39, 0.29) is 17.9 Å². The second kappa shape index (κ2) is 4.67. The zero-order valence-electron chi connectivity index (χ0n) is 11.0. The third kappa shape index (κ3) is 2.10. The molecule has 0 heterocycles. The van der Waals surface area contributed by atoms with Crippen LogP contribution in [0, 0.1) is 5.92 Å². The Hall–Kier alpha value is -1.87. The molecule has 1 aliphatic carbocycles. The van der Waals surface area contributed by atoms with Crippen LogP contribution < -0.4 is 10.6 Å². The fourth-order valence-corrected chi connectivity index (χ4v) is 2.76. The second-order valence-electron chi connectivity index (χ2n) is 5.32. The monoisotopic (exact) mass is 254 g/mol. The number of carbonyl (C=O) groups excluding carboxylic acids is 1. The smallest absolute Gasteiger partial charge is 0.229 e. The molecule has 0 saturated heterocycles. The van der Waals surface area contributed by atoms with Crippen molar-refractivity contribution >= 4 is 22.4 Å². The first-order valence-electron chi connectivity index (χ1n) is 6.67. The number of benzene rings is 2. The second-order valence-corrected chi connectivity index (χ2v) is 5.32. The van der Waals surface area contributed by atoms with E-state index in [0.717, 1.165) is 29.3 Å². The fraction of sp³-hybridized carbons (Fsp3) is 0.312. The standard InChI is InChI=1S/C16H18N2O/c1-18(16(19)12-9-13(17)10-12)15-8-4-6-11-5-2-3-7-14(11)15/h2-8,12-13H,9-10,17H2,1H3. The SMILES string of the molecule is CN(C(=O)C1CC(N)C1)c1cccc2ccccc12. The number of nitrogens with two attached hydrogens (primary N) is 1. The van der Waals surface area contributed by atoms with Crippen LogP contribution in [0.5, 0.6) is 0 Å². The molecule has 0 radical (unpaired) electrons. The van der Waals surface area contributed by atoms with Gasteiger partial charge in [-0.15, -0.1) is 0 Å². The van der Waals surface area contributed by atoms with E-state index in [0.29, 0.717) is 0 Å². The Morgan fingerprint density at radius 2 is 1.84 bits per heavy atom. The third-order valence-electron chi connectivity index (χ3n) is 3.98. The van der Waals surface area contributed by atoms with Crippen molar-refractivity contribution in [3.63, 3.8) is 0 Å². The average molecular weight is 254 g/mol. The van der Waals surface area contributed by atoms with Gasteiger partial charge in [0, 0.05) is 24.4 Å². The van der Waals surface area contributed by atoms with Crippen molar-refractivity contribution < 1.29 is 4.79 Å². The molecule has 0 bridgehead atoms. The molecule has 0 unspecified atom stereocenters. The normalized spacial score (nSPS) is 22.0. The first kappa shape index (κ1) is 12.2. The first-order valence-corrected chi connectivity index (χ1v) is 6.67. The summed E-state index contributed by atoms with van der Waals surface area (Å²) in [6, 6.07) is 14.4. The topological polar surface area (TPSA) is 46.3 Å². The number of anilines is 1. The fourth-order valence-electron chi connectivity index (χ4n) is 2.76. The summed E-state index contributed by atoms with van der Waals surface area (Å²) in [5, 5.41) is 2.27. The van der Waals surface area contributed by atoms with Crippen molar-refractivity contribution in [1.82, 2.24) is 0 Å². The maximum absolute atomic E-state index is 12.4. The van der Waals surface area contributed by atoms with Crippen molar-refractivity contribution in [2.24, 2.45) is 11.7 Å². The van der Waals surface area contributed by atoms with E-state index >= 15 is 0 Å². The number of hydrogen-bond donors (Lipinski definition) is 1. The van der Waals surface area contributed by atoms with Crippen LogP contribution in [0.1, 0.15) is 12.8 Å². The summed E-state index contributed by atoms with van der Waals surface area (Å²) < 4.78 is 0. The van der Waals surface area contributed by atoms with E-state index in [1.54, 1.807) is 4.90 Å². The quantitative estimate of drug-likeness (QED) is 0.895. The number of hydrogen-bond acceptors (Lipinski definition) is 2. The lowest BCUT2D eigenvalue weighted by molar-refractivity contribution is -0.124. The summed E-state index contributed by atoms with van der Waals surface area (Å²) in [5.41, 5.74) is 6.74. The summed E-state index contributed by atoms with van der Waals surface area (Å²) in [4.78, 5) is 14.2. The molecule has 2 N–H and O–H groups in total. The van der Waals surface area contributed by atoms with Gasteiger partial charge in [-0.25, -0.2) is 0 Å². The molecule has 19 heavy (non-hydrogen) atoms. The van der Waals surface area contributed by atoms with Gasteiger partial charge in [-0.05, 0) is 24.3 Å². The maximum Gasteiger partial charge on any atom is 0.229 e. The van der Waals surface area contributed by atoms with Gasteiger partial charge >= 0.3 is 0 Å². The molecule has 0 spiro atoms. The maximum atomic E-state index is 12.4. The van der Waals surface area contributed by atoms with E-state index in [1.807, 2.05) is 31.3 Å². The van der Waals surface area contributed by atoms with Gasteiger partial charge in [0.25, 0.3) is 0 Å². The largest absolute Gasteiger partial charge is 0.328 e. The minimum Gasteiger partial charge on any atom is -0.328 e. The van der Waals surface area contributed by atoms with Gasteiger partial charge in [0.15, 0.2) is 0 Å². The van der Waals surface area contributed by atoms with E-state index in [9.17, 15) is 4.79 Å². The molecule has 0 aliphatic heterocycles. The Morgan fingerprint density at radius 1 is 1.16 bits per heavy atom. The molecule has 1 aliphatic rings. The van der Waals surface area contributed by atoms with Crippen molar-refractivity contribution in [1.29, 1.82) is 0 Å². The van der Waals surface area contributed by atoms with Gasteiger partial charge in [0.05, 0.1) is 5.69 Å². The highest BCUT2D eigenvalue weighted by Crippen LogP contribution is 2.31. The van der Waals surface area contributed by atoms with Crippen molar-refractivity contribution in [2.45, 2.75) is 18.9 Å². The Bertz CT molecular complexity index is 612. The number of rotatable bonds is 2. The zero-order chi connectivity index (χ0) is 13.4. The molecule has 2 aromatic rings. The van der Waals surface area contributed by atoms with Gasteiger partial charge in [-0.3, -0.25) is 4.79 Å². The van der Waals surface area contributed by atoms with Crippen LogP contribution in [-0.4, -0.2) is 19.0 Å². The van der Waals surface area contributed by atoms with Crippen molar-refractivity contribution in [3.05, 3.63) is 42.5 Å². The molecule has 1 fully saturated rings. The minimum absolute atomic E-state index is 0.0963. The molecule has 0 aromatic heterocycles. The van der Waals surface area contributed by atoms with Gasteiger partial charge < -0.3 is 10.6 Å². The Kier molecular flexibility index (Phi) is 2.99. The highest BCUT2D eigenvalue weighted by Gasteiger charge is 2.34. The molecular formula is C16H18N2O. The molecular weight excluding hydrogens is 236 g/mol. The minimum atomic E-state index is 0.0963. The number of fused-ring (bicyclic) bond motifs is 1. The molecule has 0 atom stereocenters. The van der Waals surface area contributed by atoms with Crippen molar-refractivity contribution in [2.75, 3.05) is 11.9 Å². The number of nitrogens with zero attached hydrogens (tertiary/aromatic N) is 1. The third-order valence-corrected chi connectivity index (χ3v) is 3.98. The summed E-state index contributed by atoms with van der Waals surface area (Å²) in [7, 11) is 1.86. The molecule has 1 saturated carbocycles. The van der Waals surface area contributed by atoms with Gasteiger partial charge in [0.1, 0.15) is 0 Å². The lowest BCUT2D eigenvalue weighted by Crippen LogP contribution is -2.45.